The molecule has 0 aliphatic heterocycles. The lowest BCUT2D eigenvalue weighted by Gasteiger charge is -2.24. The summed E-state index contributed by atoms with van der Waals surface area (Å²) in [6, 6.07) is 11.2. The molecule has 1 aromatic heterocycles. The molecule has 2 aromatic rings. The van der Waals surface area contributed by atoms with Crippen LogP contribution in [0.4, 0.5) is 0 Å². The monoisotopic (exact) mass is 228 g/mol. The van der Waals surface area contributed by atoms with Crippen molar-refractivity contribution >= 4 is 0 Å². The highest BCUT2D eigenvalue weighted by Gasteiger charge is 2.16. The highest BCUT2D eigenvalue weighted by molar-refractivity contribution is 5.15. The second-order valence-corrected chi connectivity index (χ2v) is 4.65. The molecule has 0 bridgehead atoms. The van der Waals surface area contributed by atoms with Gasteiger partial charge in [0.2, 0.25) is 0 Å². The molecule has 2 rings (SSSR count). The molecule has 0 fully saturated rings. The normalized spacial score (nSPS) is 14.5. The first-order valence-electron chi connectivity index (χ1n) is 6.32. The van der Waals surface area contributed by atoms with E-state index in [1.807, 2.05) is 12.5 Å². The summed E-state index contributed by atoms with van der Waals surface area (Å²) in [7, 11) is 0. The third kappa shape index (κ3) is 2.96. The Labute approximate surface area is 103 Å². The van der Waals surface area contributed by atoms with Crippen molar-refractivity contribution in [1.29, 1.82) is 0 Å². The molecule has 2 heteroatoms. The molecule has 0 spiro atoms. The van der Waals surface area contributed by atoms with Gasteiger partial charge in [-0.1, -0.05) is 44.2 Å². The lowest BCUT2D eigenvalue weighted by molar-refractivity contribution is 0.340. The van der Waals surface area contributed by atoms with Gasteiger partial charge in [-0.05, 0) is 24.3 Å². The third-order valence-corrected chi connectivity index (χ3v) is 3.38. The van der Waals surface area contributed by atoms with Crippen molar-refractivity contribution in [2.45, 2.75) is 32.7 Å². The van der Waals surface area contributed by atoms with Crippen LogP contribution in [0.2, 0.25) is 0 Å². The Morgan fingerprint density at radius 1 is 1.24 bits per heavy atom. The molecule has 1 heterocycles. The summed E-state index contributed by atoms with van der Waals surface area (Å²) in [5, 5.41) is 0. The van der Waals surface area contributed by atoms with Crippen molar-refractivity contribution in [3.63, 3.8) is 0 Å². The van der Waals surface area contributed by atoms with E-state index in [9.17, 15) is 0 Å². The van der Waals surface area contributed by atoms with Crippen molar-refractivity contribution in [1.82, 2.24) is 9.55 Å². The minimum Gasteiger partial charge on any atom is -0.334 e. The molecule has 90 valence electrons. The minimum absolute atomic E-state index is 0.540. The summed E-state index contributed by atoms with van der Waals surface area (Å²) >= 11 is 0. The first-order chi connectivity index (χ1) is 8.31. The molecule has 0 saturated heterocycles. The average Bonchev–Trinajstić information content (AvgIpc) is 2.85. The number of aromatic nitrogens is 2. The van der Waals surface area contributed by atoms with Gasteiger partial charge in [0.05, 0.1) is 6.33 Å². The predicted molar refractivity (Wildman–Crippen MR) is 70.9 cm³/mol. The number of rotatable bonds is 5. The first kappa shape index (κ1) is 11.9. The van der Waals surface area contributed by atoms with Gasteiger partial charge in [0.25, 0.3) is 0 Å². The maximum atomic E-state index is 4.14. The highest BCUT2D eigenvalue weighted by Crippen LogP contribution is 2.24. The SMILES string of the molecule is CCC(C(C)Cc1ccccc1)n1ccnc1. The molecule has 17 heavy (non-hydrogen) atoms. The number of benzene rings is 1. The first-order valence-corrected chi connectivity index (χ1v) is 6.32. The van der Waals surface area contributed by atoms with E-state index in [0.717, 1.165) is 12.8 Å². The lowest BCUT2D eigenvalue weighted by Crippen LogP contribution is -2.17. The van der Waals surface area contributed by atoms with Crippen LogP contribution in [0.25, 0.3) is 0 Å². The molecule has 1 aromatic carbocycles. The van der Waals surface area contributed by atoms with Gasteiger partial charge in [-0.15, -0.1) is 0 Å². The van der Waals surface area contributed by atoms with Gasteiger partial charge in [-0.25, -0.2) is 4.98 Å². The predicted octanol–water partition coefficient (Wildman–Crippen LogP) is 3.71. The Bertz CT molecular complexity index is 419. The average molecular weight is 228 g/mol. The van der Waals surface area contributed by atoms with Crippen molar-refractivity contribution < 1.29 is 0 Å². The van der Waals surface area contributed by atoms with Crippen LogP contribution < -0.4 is 0 Å². The fourth-order valence-corrected chi connectivity index (χ4v) is 2.49. The van der Waals surface area contributed by atoms with E-state index in [2.05, 4.69) is 59.9 Å². The molecular formula is C15H20N2. The van der Waals surface area contributed by atoms with Crippen LogP contribution >= 0.6 is 0 Å². The summed E-state index contributed by atoms with van der Waals surface area (Å²) in [6.07, 6.45) is 8.12. The molecule has 0 amide bonds. The Kier molecular flexibility index (Phi) is 3.97. The largest absolute Gasteiger partial charge is 0.334 e. The van der Waals surface area contributed by atoms with Crippen molar-refractivity contribution in [2.24, 2.45) is 5.92 Å². The molecule has 0 radical (unpaired) electrons. The van der Waals surface area contributed by atoms with Crippen LogP contribution in [0.3, 0.4) is 0 Å². The van der Waals surface area contributed by atoms with Crippen LogP contribution in [-0.4, -0.2) is 9.55 Å². The Balaban J connectivity index is 2.06. The quantitative estimate of drug-likeness (QED) is 0.762. The second-order valence-electron chi connectivity index (χ2n) is 4.65. The zero-order valence-electron chi connectivity index (χ0n) is 10.6. The van der Waals surface area contributed by atoms with E-state index in [0.29, 0.717) is 12.0 Å². The molecular weight excluding hydrogens is 208 g/mol. The van der Waals surface area contributed by atoms with E-state index >= 15 is 0 Å². The van der Waals surface area contributed by atoms with Gasteiger partial charge >= 0.3 is 0 Å². The van der Waals surface area contributed by atoms with Crippen LogP contribution in [-0.2, 0) is 6.42 Å². The maximum Gasteiger partial charge on any atom is 0.0948 e. The van der Waals surface area contributed by atoms with Crippen LogP contribution in [0, 0.1) is 5.92 Å². The summed E-state index contributed by atoms with van der Waals surface area (Å²) < 4.78 is 2.23. The third-order valence-electron chi connectivity index (χ3n) is 3.38. The van der Waals surface area contributed by atoms with E-state index in [-0.39, 0.29) is 0 Å². The van der Waals surface area contributed by atoms with Crippen molar-refractivity contribution in [3.05, 3.63) is 54.6 Å². The van der Waals surface area contributed by atoms with Crippen LogP contribution in [0.1, 0.15) is 31.9 Å². The smallest absolute Gasteiger partial charge is 0.0948 e. The van der Waals surface area contributed by atoms with Crippen LogP contribution in [0.15, 0.2) is 49.1 Å². The Morgan fingerprint density at radius 2 is 2.00 bits per heavy atom. The standard InChI is InChI=1S/C15H20N2/c1-3-15(17-10-9-16-12-17)13(2)11-14-7-5-4-6-8-14/h4-10,12-13,15H,3,11H2,1-2H3. The van der Waals surface area contributed by atoms with Crippen LogP contribution in [0.5, 0.6) is 0 Å². The van der Waals surface area contributed by atoms with Gasteiger partial charge in [-0.3, -0.25) is 0 Å². The van der Waals surface area contributed by atoms with Crippen molar-refractivity contribution in [2.75, 3.05) is 0 Å². The number of hydrogen-bond donors (Lipinski definition) is 0. The zero-order valence-corrected chi connectivity index (χ0v) is 10.6. The fraction of sp³-hybridized carbons (Fsp3) is 0.400. The Hall–Kier alpha value is -1.57. The molecule has 2 nitrogen and oxygen atoms in total. The molecule has 2 unspecified atom stereocenters. The van der Waals surface area contributed by atoms with E-state index < -0.39 is 0 Å². The molecule has 0 saturated carbocycles. The van der Waals surface area contributed by atoms with E-state index in [1.165, 1.54) is 5.56 Å². The number of hydrogen-bond acceptors (Lipinski definition) is 1. The zero-order chi connectivity index (χ0) is 12.1. The lowest BCUT2D eigenvalue weighted by atomic mass is 9.92. The summed E-state index contributed by atoms with van der Waals surface area (Å²) in [5.74, 6) is 0.622. The van der Waals surface area contributed by atoms with Gasteiger partial charge in [0.15, 0.2) is 0 Å². The Morgan fingerprint density at radius 3 is 2.59 bits per heavy atom. The topological polar surface area (TPSA) is 17.8 Å². The van der Waals surface area contributed by atoms with Gasteiger partial charge in [0, 0.05) is 18.4 Å². The summed E-state index contributed by atoms with van der Waals surface area (Å²) in [6.45, 7) is 4.56. The number of nitrogens with zero attached hydrogens (tertiary/aromatic N) is 2. The number of imidazole rings is 1. The van der Waals surface area contributed by atoms with E-state index in [4.69, 9.17) is 0 Å². The summed E-state index contributed by atoms with van der Waals surface area (Å²) in [5.41, 5.74) is 1.42. The van der Waals surface area contributed by atoms with E-state index in [1.54, 1.807) is 0 Å². The molecule has 0 N–H and O–H groups in total. The summed E-state index contributed by atoms with van der Waals surface area (Å²) in [4.78, 5) is 4.14. The molecule has 0 aliphatic rings. The van der Waals surface area contributed by atoms with Gasteiger partial charge in [0.1, 0.15) is 0 Å². The fourth-order valence-electron chi connectivity index (χ4n) is 2.49. The van der Waals surface area contributed by atoms with Gasteiger partial charge < -0.3 is 4.57 Å². The maximum absolute atomic E-state index is 4.14. The highest BCUT2D eigenvalue weighted by atomic mass is 15.1. The molecule has 0 aliphatic carbocycles. The molecule has 2 atom stereocenters. The second kappa shape index (κ2) is 5.67. The minimum atomic E-state index is 0.540. The van der Waals surface area contributed by atoms with Gasteiger partial charge in [-0.2, -0.15) is 0 Å². The van der Waals surface area contributed by atoms with Crippen molar-refractivity contribution in [3.8, 4) is 0 Å².